The van der Waals surface area contributed by atoms with Crippen LogP contribution in [-0.4, -0.2) is 7.28 Å². The molecule has 47 valence electrons. The summed E-state index contributed by atoms with van der Waals surface area (Å²) in [6.07, 6.45) is 0. The van der Waals surface area contributed by atoms with Crippen molar-refractivity contribution in [2.75, 3.05) is 0 Å². The third kappa shape index (κ3) is 2.31. The molecule has 0 saturated heterocycles. The van der Waals surface area contributed by atoms with Crippen molar-refractivity contribution in [2.45, 2.75) is 6.82 Å². The quantitative estimate of drug-likeness (QED) is 0.492. The van der Waals surface area contributed by atoms with Gasteiger partial charge in [-0.15, -0.1) is 0 Å². The fraction of sp³-hybridized carbons (Fsp3) is 0.143. The Morgan fingerprint density at radius 3 is 2.00 bits per heavy atom. The van der Waals surface area contributed by atoms with Crippen molar-refractivity contribution in [3.05, 3.63) is 30.3 Å². The summed E-state index contributed by atoms with van der Waals surface area (Å²) in [7, 11) is 2.08. The second-order valence-electron chi connectivity index (χ2n) is 1.70. The normalized spacial score (nSPS) is 7.67. The van der Waals surface area contributed by atoms with Gasteiger partial charge in [-0.1, -0.05) is 42.6 Å². The highest BCUT2D eigenvalue weighted by Crippen LogP contribution is 1.79. The first kappa shape index (κ1) is 8.21. The van der Waals surface area contributed by atoms with Gasteiger partial charge in [-0.05, 0) is 0 Å². The summed E-state index contributed by atoms with van der Waals surface area (Å²) in [5, 5.41) is 0. The van der Waals surface area contributed by atoms with Crippen molar-refractivity contribution in [3.63, 3.8) is 0 Å². The first-order chi connectivity index (χ1) is 3.93. The van der Waals surface area contributed by atoms with E-state index >= 15 is 0 Å². The molecule has 0 unspecified atom stereocenters. The molecule has 9 heavy (non-hydrogen) atoms. The maximum Gasteiger partial charge on any atom is 0.148 e. The summed E-state index contributed by atoms with van der Waals surface area (Å²) in [6.45, 7) is 2.04. The predicted molar refractivity (Wildman–Crippen MR) is 40.2 cm³/mol. The molecule has 0 bridgehead atoms. The van der Waals surface area contributed by atoms with Gasteiger partial charge in [0.15, 0.2) is 0 Å². The minimum atomic E-state index is 0. The topological polar surface area (TPSA) is 0 Å². The number of hydrogen-bond donors (Lipinski definition) is 0. The lowest BCUT2D eigenvalue weighted by Gasteiger charge is -1.88. The number of rotatable bonds is 1. The van der Waals surface area contributed by atoms with Gasteiger partial charge in [0, 0.05) is 0 Å². The first-order valence-corrected chi connectivity index (χ1v) is 2.78. The van der Waals surface area contributed by atoms with Crippen molar-refractivity contribution in [1.82, 2.24) is 0 Å². The second-order valence-corrected chi connectivity index (χ2v) is 1.70. The molecule has 0 aromatic heterocycles. The maximum atomic E-state index is 2.08. The zero-order valence-electron chi connectivity index (χ0n) is 5.37. The summed E-state index contributed by atoms with van der Waals surface area (Å²) in [5.41, 5.74) is 1.28. The summed E-state index contributed by atoms with van der Waals surface area (Å²) in [6, 6.07) is 10.3. The molecule has 0 N–H and O–H groups in total. The molecule has 0 fully saturated rings. The molecule has 0 amide bonds. The van der Waals surface area contributed by atoms with Crippen LogP contribution in [0.1, 0.15) is 0 Å². The van der Waals surface area contributed by atoms with Gasteiger partial charge < -0.3 is 0 Å². The van der Waals surface area contributed by atoms with Crippen molar-refractivity contribution >= 4 is 12.7 Å². The van der Waals surface area contributed by atoms with E-state index in [1.807, 2.05) is 25.0 Å². The Labute approximate surface area is 55.5 Å². The van der Waals surface area contributed by atoms with E-state index in [4.69, 9.17) is 0 Å². The van der Waals surface area contributed by atoms with Crippen LogP contribution in [0.15, 0.2) is 30.3 Å². The van der Waals surface area contributed by atoms with E-state index in [0.29, 0.717) is 0 Å². The summed E-state index contributed by atoms with van der Waals surface area (Å²) in [5.74, 6) is 0. The second kappa shape index (κ2) is 4.13. The average Bonchev–Trinajstić information content (AvgIpc) is 1.90. The summed E-state index contributed by atoms with van der Waals surface area (Å²) < 4.78 is 0. The molecule has 0 heterocycles. The van der Waals surface area contributed by atoms with Crippen molar-refractivity contribution in [1.29, 1.82) is 0 Å². The highest BCUT2D eigenvalue weighted by molar-refractivity contribution is 6.51. The molecular formula is C7H9BF. The first-order valence-electron chi connectivity index (χ1n) is 2.78. The third-order valence-electron chi connectivity index (χ3n) is 1.13. The van der Waals surface area contributed by atoms with E-state index in [1.54, 1.807) is 0 Å². The summed E-state index contributed by atoms with van der Waals surface area (Å²) >= 11 is 0. The Hall–Kier alpha value is -0.785. The van der Waals surface area contributed by atoms with E-state index in [9.17, 15) is 0 Å². The Morgan fingerprint density at radius 1 is 1.11 bits per heavy atom. The molecule has 0 aliphatic rings. The Kier molecular flexibility index (Phi) is 3.77. The molecule has 0 aliphatic heterocycles. The Morgan fingerprint density at radius 2 is 1.67 bits per heavy atom. The number of halogens is 1. The molecule has 0 atom stereocenters. The van der Waals surface area contributed by atoms with E-state index in [1.165, 1.54) is 5.46 Å². The van der Waals surface area contributed by atoms with Crippen molar-refractivity contribution in [2.24, 2.45) is 0 Å². The predicted octanol–water partition coefficient (Wildman–Crippen LogP) is 1.22. The molecule has 1 aromatic carbocycles. The third-order valence-corrected chi connectivity index (χ3v) is 1.13. The maximum absolute atomic E-state index is 2.08. The van der Waals surface area contributed by atoms with Gasteiger partial charge in [0.2, 0.25) is 0 Å². The highest BCUT2D eigenvalue weighted by Gasteiger charge is 1.82. The molecule has 0 nitrogen and oxygen atoms in total. The zero-order valence-corrected chi connectivity index (χ0v) is 5.37. The van der Waals surface area contributed by atoms with E-state index in [2.05, 4.69) is 19.4 Å². The molecule has 1 rings (SSSR count). The summed E-state index contributed by atoms with van der Waals surface area (Å²) in [4.78, 5) is 0. The van der Waals surface area contributed by atoms with Crippen LogP contribution in [0.2, 0.25) is 6.82 Å². The molecule has 1 aromatic rings. The minimum absolute atomic E-state index is 0. The van der Waals surface area contributed by atoms with Crippen LogP contribution >= 0.6 is 0 Å². The molecule has 1 radical (unpaired) electrons. The van der Waals surface area contributed by atoms with Gasteiger partial charge in [0.1, 0.15) is 7.28 Å². The van der Waals surface area contributed by atoms with Crippen LogP contribution < -0.4 is 5.46 Å². The Bertz CT molecular complexity index is 150. The number of hydrogen-bond acceptors (Lipinski definition) is 0. The van der Waals surface area contributed by atoms with Gasteiger partial charge >= 0.3 is 0 Å². The molecule has 2 heteroatoms. The number of benzene rings is 1. The van der Waals surface area contributed by atoms with Gasteiger partial charge in [-0.25, -0.2) is 0 Å². The zero-order chi connectivity index (χ0) is 5.82. The molecule has 0 aliphatic carbocycles. The van der Waals surface area contributed by atoms with Crippen LogP contribution in [0.4, 0.5) is 4.70 Å². The standard InChI is InChI=1S/C7H8B.FH/c1-8-7-5-3-2-4-6-7;/h2-6H,1H3;1H. The van der Waals surface area contributed by atoms with Gasteiger partial charge in [-0.2, -0.15) is 0 Å². The fourth-order valence-corrected chi connectivity index (χ4v) is 0.645. The van der Waals surface area contributed by atoms with Crippen LogP contribution in [-0.2, 0) is 0 Å². The Balaban J connectivity index is 0.000000640. The smallest absolute Gasteiger partial charge is 0.148 e. The van der Waals surface area contributed by atoms with E-state index < -0.39 is 0 Å². The van der Waals surface area contributed by atoms with Gasteiger partial charge in [0.25, 0.3) is 0 Å². The monoisotopic (exact) mass is 123 g/mol. The van der Waals surface area contributed by atoms with Crippen LogP contribution in [0.5, 0.6) is 0 Å². The average molecular weight is 123 g/mol. The highest BCUT2D eigenvalue weighted by atomic mass is 19.0. The molecular weight excluding hydrogens is 114 g/mol. The molecule has 0 saturated carbocycles. The lowest BCUT2D eigenvalue weighted by molar-refractivity contribution is 1.11. The van der Waals surface area contributed by atoms with Crippen molar-refractivity contribution in [3.8, 4) is 0 Å². The molecule has 0 spiro atoms. The minimum Gasteiger partial charge on any atom is -0.269 e. The van der Waals surface area contributed by atoms with Gasteiger partial charge in [0.05, 0.1) is 0 Å². The lowest BCUT2D eigenvalue weighted by Crippen LogP contribution is -2.07. The van der Waals surface area contributed by atoms with Gasteiger partial charge in [-0.3, -0.25) is 4.70 Å². The fourth-order valence-electron chi connectivity index (χ4n) is 0.645. The van der Waals surface area contributed by atoms with E-state index in [-0.39, 0.29) is 4.70 Å². The largest absolute Gasteiger partial charge is 0.269 e. The SMILES string of the molecule is C[B]c1ccccc1.F. The van der Waals surface area contributed by atoms with Crippen LogP contribution in [0.3, 0.4) is 0 Å². The van der Waals surface area contributed by atoms with Crippen LogP contribution in [0, 0.1) is 0 Å². The van der Waals surface area contributed by atoms with Crippen LogP contribution in [0.25, 0.3) is 0 Å². The van der Waals surface area contributed by atoms with E-state index in [0.717, 1.165) is 0 Å². The van der Waals surface area contributed by atoms with Crippen molar-refractivity contribution < 1.29 is 4.70 Å². The lowest BCUT2D eigenvalue weighted by atomic mass is 9.74.